The van der Waals surface area contributed by atoms with Crippen LogP contribution in [-0.4, -0.2) is 27.6 Å². The molecule has 1 aromatic rings. The second-order valence-electron chi connectivity index (χ2n) is 5.91. The van der Waals surface area contributed by atoms with Crippen LogP contribution >= 0.6 is 11.8 Å². The van der Waals surface area contributed by atoms with Gasteiger partial charge < -0.3 is 9.88 Å². The number of nitrogens with zero attached hydrogens (tertiary/aromatic N) is 2. The minimum Gasteiger partial charge on any atom is -0.330 e. The summed E-state index contributed by atoms with van der Waals surface area (Å²) in [5.74, 6) is 0. The highest BCUT2D eigenvalue weighted by Gasteiger charge is 2.26. The number of thioether (sulfide) groups is 1. The van der Waals surface area contributed by atoms with Crippen molar-refractivity contribution in [2.45, 2.75) is 62.3 Å². The van der Waals surface area contributed by atoms with Crippen LogP contribution in [0.2, 0.25) is 0 Å². The molecule has 2 fully saturated rings. The van der Waals surface area contributed by atoms with Crippen molar-refractivity contribution in [3.8, 4) is 0 Å². The quantitative estimate of drug-likeness (QED) is 0.917. The van der Waals surface area contributed by atoms with Crippen molar-refractivity contribution in [1.82, 2.24) is 14.9 Å². The molecule has 1 saturated heterocycles. The fourth-order valence-corrected chi connectivity index (χ4v) is 4.40. The van der Waals surface area contributed by atoms with Gasteiger partial charge in [0, 0.05) is 23.5 Å². The van der Waals surface area contributed by atoms with E-state index in [-0.39, 0.29) is 0 Å². The summed E-state index contributed by atoms with van der Waals surface area (Å²) in [5.41, 5.74) is 1.42. The maximum atomic E-state index is 4.44. The van der Waals surface area contributed by atoms with Crippen molar-refractivity contribution in [2.24, 2.45) is 0 Å². The van der Waals surface area contributed by atoms with Gasteiger partial charge in [0.25, 0.3) is 0 Å². The van der Waals surface area contributed by atoms with E-state index in [1.54, 1.807) is 0 Å². The Hall–Kier alpha value is -0.480. The molecule has 0 spiro atoms. The Morgan fingerprint density at radius 1 is 1.26 bits per heavy atom. The van der Waals surface area contributed by atoms with Crippen molar-refractivity contribution in [1.29, 1.82) is 0 Å². The minimum atomic E-state index is 0.533. The first kappa shape index (κ1) is 13.5. The van der Waals surface area contributed by atoms with E-state index in [0.717, 1.165) is 11.8 Å². The molecule has 0 aromatic carbocycles. The Morgan fingerprint density at radius 2 is 2.21 bits per heavy atom. The summed E-state index contributed by atoms with van der Waals surface area (Å²) < 4.78 is 2.48. The lowest BCUT2D eigenvalue weighted by Gasteiger charge is -2.32. The molecular formula is C15H25N3S. The molecule has 106 valence electrons. The Morgan fingerprint density at radius 3 is 3.00 bits per heavy atom. The van der Waals surface area contributed by atoms with Gasteiger partial charge in [0.1, 0.15) is 0 Å². The molecule has 3 atom stereocenters. The Kier molecular flexibility index (Phi) is 4.49. The van der Waals surface area contributed by atoms with Gasteiger partial charge in [-0.05, 0) is 44.9 Å². The summed E-state index contributed by atoms with van der Waals surface area (Å²) in [6.45, 7) is 1.16. The number of aromatic nitrogens is 2. The average molecular weight is 279 g/mol. The molecule has 2 aliphatic rings. The van der Waals surface area contributed by atoms with Crippen LogP contribution < -0.4 is 5.32 Å². The van der Waals surface area contributed by atoms with Crippen LogP contribution in [0, 0.1) is 0 Å². The van der Waals surface area contributed by atoms with Crippen LogP contribution in [0.4, 0.5) is 0 Å². The number of hydrogen-bond donors (Lipinski definition) is 1. The molecule has 1 aliphatic carbocycles. The minimum absolute atomic E-state index is 0.533. The lowest BCUT2D eigenvalue weighted by atomic mass is 9.93. The first-order valence-corrected chi connectivity index (χ1v) is 8.95. The van der Waals surface area contributed by atoms with Crippen molar-refractivity contribution in [2.75, 3.05) is 12.8 Å². The zero-order chi connectivity index (χ0) is 13.1. The van der Waals surface area contributed by atoms with E-state index in [4.69, 9.17) is 0 Å². The molecule has 1 aliphatic heterocycles. The van der Waals surface area contributed by atoms with Crippen LogP contribution in [0.1, 0.15) is 62.7 Å². The molecule has 1 N–H and O–H groups in total. The van der Waals surface area contributed by atoms with Gasteiger partial charge in [-0.1, -0.05) is 12.8 Å². The number of hydrogen-bond acceptors (Lipinski definition) is 3. The summed E-state index contributed by atoms with van der Waals surface area (Å²) >= 11 is 2.04. The Balaban J connectivity index is 1.75. The lowest BCUT2D eigenvalue weighted by Crippen LogP contribution is -2.30. The number of imidazole rings is 1. The second kappa shape index (κ2) is 6.31. The SMILES string of the molecule is CSC1CCCC(n2cncc2C2CCCCN2)C1. The standard InChI is InChI=1S/C15H25N3S/c1-19-13-6-4-5-12(9-13)18-11-16-10-15(18)14-7-2-3-8-17-14/h10-14,17H,2-9H2,1H3. The topological polar surface area (TPSA) is 29.9 Å². The van der Waals surface area contributed by atoms with Gasteiger partial charge >= 0.3 is 0 Å². The first-order chi connectivity index (χ1) is 9.38. The lowest BCUT2D eigenvalue weighted by molar-refractivity contribution is 0.328. The number of piperidine rings is 1. The zero-order valence-electron chi connectivity index (χ0n) is 11.8. The average Bonchev–Trinajstić information content (AvgIpc) is 2.98. The first-order valence-electron chi connectivity index (χ1n) is 7.66. The maximum Gasteiger partial charge on any atom is 0.0951 e. The van der Waals surface area contributed by atoms with Gasteiger partial charge in [-0.2, -0.15) is 11.8 Å². The van der Waals surface area contributed by atoms with Crippen LogP contribution in [0.3, 0.4) is 0 Å². The van der Waals surface area contributed by atoms with Gasteiger partial charge in [-0.25, -0.2) is 4.98 Å². The molecule has 0 amide bonds. The zero-order valence-corrected chi connectivity index (χ0v) is 12.7. The molecule has 0 radical (unpaired) electrons. The Labute approximate surface area is 120 Å². The van der Waals surface area contributed by atoms with E-state index in [0.29, 0.717) is 12.1 Å². The smallest absolute Gasteiger partial charge is 0.0951 e. The highest BCUT2D eigenvalue weighted by Crippen LogP contribution is 2.36. The molecule has 0 bridgehead atoms. The molecule has 1 saturated carbocycles. The normalized spacial score (nSPS) is 32.4. The van der Waals surface area contributed by atoms with Gasteiger partial charge in [0.15, 0.2) is 0 Å². The van der Waals surface area contributed by atoms with E-state index >= 15 is 0 Å². The molecule has 4 heteroatoms. The molecule has 3 nitrogen and oxygen atoms in total. The fraction of sp³-hybridized carbons (Fsp3) is 0.800. The Bertz CT molecular complexity index is 398. The van der Waals surface area contributed by atoms with Gasteiger partial charge in [-0.15, -0.1) is 0 Å². The molecular weight excluding hydrogens is 254 g/mol. The van der Waals surface area contributed by atoms with Crippen molar-refractivity contribution in [3.05, 3.63) is 18.2 Å². The van der Waals surface area contributed by atoms with E-state index in [1.165, 1.54) is 50.6 Å². The molecule has 3 unspecified atom stereocenters. The van der Waals surface area contributed by atoms with E-state index in [2.05, 4.69) is 33.6 Å². The van der Waals surface area contributed by atoms with Gasteiger partial charge in [-0.3, -0.25) is 0 Å². The molecule has 19 heavy (non-hydrogen) atoms. The van der Waals surface area contributed by atoms with Crippen LogP contribution in [0.15, 0.2) is 12.5 Å². The van der Waals surface area contributed by atoms with Crippen LogP contribution in [-0.2, 0) is 0 Å². The van der Waals surface area contributed by atoms with Crippen LogP contribution in [0.5, 0.6) is 0 Å². The highest BCUT2D eigenvalue weighted by atomic mass is 32.2. The highest BCUT2D eigenvalue weighted by molar-refractivity contribution is 7.99. The predicted octanol–water partition coefficient (Wildman–Crippen LogP) is 3.54. The molecule has 1 aromatic heterocycles. The monoisotopic (exact) mass is 279 g/mol. The molecule has 3 rings (SSSR count). The third-order valence-corrected chi connectivity index (χ3v) is 5.78. The summed E-state index contributed by atoms with van der Waals surface area (Å²) in [5, 5.41) is 4.50. The van der Waals surface area contributed by atoms with Crippen molar-refractivity contribution >= 4 is 11.8 Å². The fourth-order valence-electron chi connectivity index (χ4n) is 3.58. The maximum absolute atomic E-state index is 4.44. The third kappa shape index (κ3) is 3.00. The number of nitrogens with one attached hydrogen (secondary N) is 1. The number of rotatable bonds is 3. The van der Waals surface area contributed by atoms with E-state index in [9.17, 15) is 0 Å². The second-order valence-corrected chi connectivity index (χ2v) is 7.04. The van der Waals surface area contributed by atoms with E-state index < -0.39 is 0 Å². The predicted molar refractivity (Wildman–Crippen MR) is 81.6 cm³/mol. The van der Waals surface area contributed by atoms with Crippen molar-refractivity contribution in [3.63, 3.8) is 0 Å². The summed E-state index contributed by atoms with van der Waals surface area (Å²) in [4.78, 5) is 4.44. The van der Waals surface area contributed by atoms with Gasteiger partial charge in [0.2, 0.25) is 0 Å². The summed E-state index contributed by atoms with van der Waals surface area (Å²) in [7, 11) is 0. The summed E-state index contributed by atoms with van der Waals surface area (Å²) in [6.07, 6.45) is 15.8. The van der Waals surface area contributed by atoms with Crippen molar-refractivity contribution < 1.29 is 0 Å². The molecule has 2 heterocycles. The summed E-state index contributed by atoms with van der Waals surface area (Å²) in [6, 6.07) is 1.21. The van der Waals surface area contributed by atoms with E-state index in [1.807, 2.05) is 11.8 Å². The van der Waals surface area contributed by atoms with Gasteiger partial charge in [0.05, 0.1) is 12.0 Å². The third-order valence-electron chi connectivity index (χ3n) is 4.69. The largest absolute Gasteiger partial charge is 0.330 e. The van der Waals surface area contributed by atoms with Crippen LogP contribution in [0.25, 0.3) is 0 Å².